The largest absolute Gasteiger partial charge is 0.351 e. The summed E-state index contributed by atoms with van der Waals surface area (Å²) in [7, 11) is 0. The van der Waals surface area contributed by atoms with Crippen LogP contribution in [0.3, 0.4) is 0 Å². The van der Waals surface area contributed by atoms with Gasteiger partial charge in [-0.3, -0.25) is 4.79 Å². The quantitative estimate of drug-likeness (QED) is 0.590. The molecular formula is C9H16N2O. The van der Waals surface area contributed by atoms with Crippen LogP contribution in [0.1, 0.15) is 26.2 Å². The summed E-state index contributed by atoms with van der Waals surface area (Å²) in [5.74, 6) is 0.869. The molecule has 2 atom stereocenters. The van der Waals surface area contributed by atoms with E-state index in [1.165, 1.54) is 6.42 Å². The Morgan fingerprint density at radius 3 is 2.92 bits per heavy atom. The van der Waals surface area contributed by atoms with Gasteiger partial charge in [0, 0.05) is 18.5 Å². The summed E-state index contributed by atoms with van der Waals surface area (Å²) in [4.78, 5) is 11.1. The van der Waals surface area contributed by atoms with Crippen LogP contribution in [-0.4, -0.2) is 24.5 Å². The third kappa shape index (κ3) is 1.22. The van der Waals surface area contributed by atoms with Gasteiger partial charge in [-0.25, -0.2) is 0 Å². The number of carbonyl (C=O) groups excluding carboxylic acids is 1. The van der Waals surface area contributed by atoms with Crippen LogP contribution in [-0.2, 0) is 4.79 Å². The van der Waals surface area contributed by atoms with Gasteiger partial charge in [0.2, 0.25) is 5.91 Å². The van der Waals surface area contributed by atoms with E-state index < -0.39 is 0 Å². The highest BCUT2D eigenvalue weighted by molar-refractivity contribution is 5.79. The van der Waals surface area contributed by atoms with Gasteiger partial charge >= 0.3 is 0 Å². The summed E-state index contributed by atoms with van der Waals surface area (Å²) in [5, 5.41) is 6.43. The van der Waals surface area contributed by atoms with Gasteiger partial charge in [0.15, 0.2) is 0 Å². The molecule has 2 unspecified atom stereocenters. The Balaban J connectivity index is 2.05. The fourth-order valence-electron chi connectivity index (χ4n) is 2.32. The minimum absolute atomic E-state index is 0.0839. The Morgan fingerprint density at radius 1 is 1.58 bits per heavy atom. The van der Waals surface area contributed by atoms with Crippen molar-refractivity contribution in [2.24, 2.45) is 5.92 Å². The molecule has 12 heavy (non-hydrogen) atoms. The first kappa shape index (κ1) is 8.05. The smallest absolute Gasteiger partial charge is 0.220 e. The number of amides is 1. The predicted molar refractivity (Wildman–Crippen MR) is 46.8 cm³/mol. The van der Waals surface area contributed by atoms with Crippen molar-refractivity contribution in [1.29, 1.82) is 0 Å². The van der Waals surface area contributed by atoms with Crippen molar-refractivity contribution in [2.45, 2.75) is 31.7 Å². The highest BCUT2D eigenvalue weighted by Gasteiger charge is 2.40. The zero-order valence-electron chi connectivity index (χ0n) is 7.52. The van der Waals surface area contributed by atoms with Crippen molar-refractivity contribution in [2.75, 3.05) is 13.1 Å². The van der Waals surface area contributed by atoms with Crippen LogP contribution in [0.25, 0.3) is 0 Å². The first-order valence-electron chi connectivity index (χ1n) is 4.72. The molecule has 2 aliphatic rings. The maximum atomic E-state index is 11.1. The number of rotatable bonds is 1. The molecule has 0 spiro atoms. The van der Waals surface area contributed by atoms with E-state index in [1.807, 2.05) is 0 Å². The molecule has 2 aliphatic heterocycles. The maximum absolute atomic E-state index is 11.1. The van der Waals surface area contributed by atoms with Gasteiger partial charge in [-0.2, -0.15) is 0 Å². The molecule has 3 heteroatoms. The van der Waals surface area contributed by atoms with E-state index in [0.29, 0.717) is 12.3 Å². The molecule has 1 amide bonds. The number of hydrogen-bond donors (Lipinski definition) is 2. The van der Waals surface area contributed by atoms with E-state index in [2.05, 4.69) is 17.6 Å². The monoisotopic (exact) mass is 168 g/mol. The normalized spacial score (nSPS) is 41.8. The standard InChI is InChI=1S/C9H16N2O/c1-9(4-2-8(12)11-9)7-3-5-10-6-7/h7,10H,2-6H2,1H3,(H,11,12). The molecule has 68 valence electrons. The summed E-state index contributed by atoms with van der Waals surface area (Å²) in [6, 6.07) is 0. The van der Waals surface area contributed by atoms with Gasteiger partial charge in [-0.15, -0.1) is 0 Å². The van der Waals surface area contributed by atoms with Gasteiger partial charge in [-0.1, -0.05) is 0 Å². The Hall–Kier alpha value is -0.570. The number of nitrogens with one attached hydrogen (secondary N) is 2. The molecule has 0 bridgehead atoms. The Morgan fingerprint density at radius 2 is 2.42 bits per heavy atom. The van der Waals surface area contributed by atoms with Crippen molar-refractivity contribution in [3.63, 3.8) is 0 Å². The summed E-state index contributed by atoms with van der Waals surface area (Å²) in [6.07, 6.45) is 2.93. The third-order valence-corrected chi connectivity index (χ3v) is 3.26. The van der Waals surface area contributed by atoms with Crippen LogP contribution >= 0.6 is 0 Å². The highest BCUT2D eigenvalue weighted by atomic mass is 16.2. The second kappa shape index (κ2) is 2.73. The number of hydrogen-bond acceptors (Lipinski definition) is 2. The molecule has 2 N–H and O–H groups in total. The number of carbonyl (C=O) groups is 1. The van der Waals surface area contributed by atoms with Gasteiger partial charge in [0.1, 0.15) is 0 Å². The Labute approximate surface area is 72.9 Å². The van der Waals surface area contributed by atoms with E-state index in [0.717, 1.165) is 19.5 Å². The van der Waals surface area contributed by atoms with E-state index in [4.69, 9.17) is 0 Å². The van der Waals surface area contributed by atoms with Crippen LogP contribution in [0, 0.1) is 5.92 Å². The zero-order chi connectivity index (χ0) is 8.60. The fraction of sp³-hybridized carbons (Fsp3) is 0.889. The minimum Gasteiger partial charge on any atom is -0.351 e. The fourth-order valence-corrected chi connectivity index (χ4v) is 2.32. The molecule has 0 aromatic carbocycles. The Bertz CT molecular complexity index is 199. The summed E-state index contributed by atoms with van der Waals surface area (Å²) < 4.78 is 0. The molecule has 0 radical (unpaired) electrons. The highest BCUT2D eigenvalue weighted by Crippen LogP contribution is 2.31. The molecule has 2 saturated heterocycles. The lowest BCUT2D eigenvalue weighted by atomic mass is 9.84. The second-order valence-electron chi connectivity index (χ2n) is 4.16. The molecular weight excluding hydrogens is 152 g/mol. The van der Waals surface area contributed by atoms with Crippen molar-refractivity contribution < 1.29 is 4.79 Å². The van der Waals surface area contributed by atoms with Gasteiger partial charge in [-0.05, 0) is 32.2 Å². The molecule has 0 aromatic heterocycles. The van der Waals surface area contributed by atoms with Crippen LogP contribution in [0.2, 0.25) is 0 Å². The average molecular weight is 168 g/mol. The predicted octanol–water partition coefficient (Wildman–Crippen LogP) is 0.265. The van der Waals surface area contributed by atoms with E-state index in [1.54, 1.807) is 0 Å². The van der Waals surface area contributed by atoms with Gasteiger partial charge in [0.25, 0.3) is 0 Å². The molecule has 3 nitrogen and oxygen atoms in total. The first-order chi connectivity index (χ1) is 5.71. The van der Waals surface area contributed by atoms with Crippen LogP contribution in [0.4, 0.5) is 0 Å². The lowest BCUT2D eigenvalue weighted by molar-refractivity contribution is -0.119. The average Bonchev–Trinajstić information content (AvgIpc) is 2.59. The molecule has 0 aliphatic carbocycles. The molecule has 2 fully saturated rings. The summed E-state index contributed by atoms with van der Waals surface area (Å²) in [5.41, 5.74) is 0.0839. The van der Waals surface area contributed by atoms with E-state index >= 15 is 0 Å². The molecule has 0 saturated carbocycles. The topological polar surface area (TPSA) is 41.1 Å². The van der Waals surface area contributed by atoms with Crippen molar-refractivity contribution in [3.05, 3.63) is 0 Å². The van der Waals surface area contributed by atoms with Crippen LogP contribution in [0.5, 0.6) is 0 Å². The van der Waals surface area contributed by atoms with Crippen molar-refractivity contribution >= 4 is 5.91 Å². The minimum atomic E-state index is 0.0839. The Kier molecular flexibility index (Phi) is 1.83. The second-order valence-corrected chi connectivity index (χ2v) is 4.16. The lowest BCUT2D eigenvalue weighted by Gasteiger charge is -2.30. The molecule has 2 rings (SSSR count). The van der Waals surface area contributed by atoms with Crippen molar-refractivity contribution in [3.8, 4) is 0 Å². The maximum Gasteiger partial charge on any atom is 0.220 e. The van der Waals surface area contributed by atoms with Gasteiger partial charge < -0.3 is 10.6 Å². The third-order valence-electron chi connectivity index (χ3n) is 3.26. The molecule has 0 aromatic rings. The van der Waals surface area contributed by atoms with E-state index in [-0.39, 0.29) is 11.4 Å². The lowest BCUT2D eigenvalue weighted by Crippen LogP contribution is -2.46. The zero-order valence-corrected chi connectivity index (χ0v) is 7.52. The van der Waals surface area contributed by atoms with E-state index in [9.17, 15) is 4.79 Å². The summed E-state index contributed by atoms with van der Waals surface area (Å²) >= 11 is 0. The van der Waals surface area contributed by atoms with Crippen LogP contribution in [0.15, 0.2) is 0 Å². The molecule has 2 heterocycles. The van der Waals surface area contributed by atoms with Crippen molar-refractivity contribution in [1.82, 2.24) is 10.6 Å². The van der Waals surface area contributed by atoms with Gasteiger partial charge in [0.05, 0.1) is 0 Å². The summed E-state index contributed by atoms with van der Waals surface area (Å²) in [6.45, 7) is 4.35. The van der Waals surface area contributed by atoms with Crippen LogP contribution < -0.4 is 10.6 Å². The SMILES string of the molecule is CC1(C2CCNC2)CCC(=O)N1. The first-order valence-corrected chi connectivity index (χ1v) is 4.72.